The van der Waals surface area contributed by atoms with Crippen LogP contribution in [0.4, 0.5) is 4.79 Å². The van der Waals surface area contributed by atoms with Gasteiger partial charge in [0.15, 0.2) is 0 Å². The molecular weight excluding hydrogens is 262 g/mol. The van der Waals surface area contributed by atoms with Gasteiger partial charge >= 0.3 is 6.09 Å². The Morgan fingerprint density at radius 1 is 0.952 bits per heavy atom. The molecule has 2 saturated carbocycles. The highest BCUT2D eigenvalue weighted by Crippen LogP contribution is 2.31. The largest absolute Gasteiger partial charge is 0.443 e. The van der Waals surface area contributed by atoms with Crippen molar-refractivity contribution < 1.29 is 9.53 Å². The molecule has 2 rings (SSSR count). The molecule has 0 aromatic heterocycles. The van der Waals surface area contributed by atoms with Crippen molar-refractivity contribution in [1.29, 1.82) is 0 Å². The van der Waals surface area contributed by atoms with Crippen LogP contribution < -0.4 is 0 Å². The maximum absolute atomic E-state index is 12.8. The van der Waals surface area contributed by atoms with E-state index in [4.69, 9.17) is 4.74 Å². The van der Waals surface area contributed by atoms with Gasteiger partial charge in [0.2, 0.25) is 0 Å². The molecular formula is C18H33NO2. The Bertz CT molecular complexity index is 310. The van der Waals surface area contributed by atoms with Crippen LogP contribution in [0.25, 0.3) is 0 Å². The van der Waals surface area contributed by atoms with Gasteiger partial charge < -0.3 is 9.64 Å². The maximum Gasteiger partial charge on any atom is 0.410 e. The predicted octanol–water partition coefficient (Wildman–Crippen LogP) is 5.28. The highest BCUT2D eigenvalue weighted by molar-refractivity contribution is 5.69. The van der Waals surface area contributed by atoms with Crippen LogP contribution in [-0.2, 0) is 4.74 Å². The van der Waals surface area contributed by atoms with Crippen molar-refractivity contribution in [3.05, 3.63) is 0 Å². The smallest absolute Gasteiger partial charge is 0.410 e. The van der Waals surface area contributed by atoms with E-state index >= 15 is 0 Å². The third-order valence-corrected chi connectivity index (χ3v) is 5.36. The Kier molecular flexibility index (Phi) is 5.95. The summed E-state index contributed by atoms with van der Waals surface area (Å²) in [4.78, 5) is 15.0. The van der Waals surface area contributed by atoms with Gasteiger partial charge in [-0.25, -0.2) is 4.79 Å². The number of carbonyl (C=O) groups excluding carboxylic acids is 1. The molecule has 2 aliphatic rings. The number of hydrogen-bond donors (Lipinski definition) is 0. The third-order valence-electron chi connectivity index (χ3n) is 5.36. The quantitative estimate of drug-likeness (QED) is 0.706. The first-order valence-electron chi connectivity index (χ1n) is 9.05. The van der Waals surface area contributed by atoms with E-state index in [0.717, 1.165) is 32.1 Å². The van der Waals surface area contributed by atoms with Gasteiger partial charge in [0.25, 0.3) is 0 Å². The average molecular weight is 295 g/mol. The van der Waals surface area contributed by atoms with Crippen molar-refractivity contribution in [2.75, 3.05) is 0 Å². The molecule has 0 atom stereocenters. The van der Waals surface area contributed by atoms with Crippen LogP contribution in [0.2, 0.25) is 0 Å². The molecule has 0 aromatic rings. The number of rotatable bonds is 4. The summed E-state index contributed by atoms with van der Waals surface area (Å²) < 4.78 is 5.84. The monoisotopic (exact) mass is 295 g/mol. The van der Waals surface area contributed by atoms with Gasteiger partial charge in [0.05, 0.1) is 0 Å². The van der Waals surface area contributed by atoms with Crippen LogP contribution in [0.15, 0.2) is 0 Å². The number of ether oxygens (including phenoxy) is 1. The van der Waals surface area contributed by atoms with Crippen LogP contribution in [0, 0.1) is 0 Å². The summed E-state index contributed by atoms with van der Waals surface area (Å²) in [6.07, 6.45) is 13.2. The fraction of sp³-hybridized carbons (Fsp3) is 0.944. The molecule has 0 unspecified atom stereocenters. The Morgan fingerprint density at radius 3 is 1.76 bits per heavy atom. The van der Waals surface area contributed by atoms with Crippen molar-refractivity contribution in [2.45, 2.75) is 109 Å². The van der Waals surface area contributed by atoms with E-state index in [1.54, 1.807) is 0 Å². The van der Waals surface area contributed by atoms with Crippen molar-refractivity contribution in [3.8, 4) is 0 Å². The molecule has 21 heavy (non-hydrogen) atoms. The van der Waals surface area contributed by atoms with E-state index in [-0.39, 0.29) is 11.7 Å². The fourth-order valence-electron chi connectivity index (χ4n) is 3.68. The van der Waals surface area contributed by atoms with Gasteiger partial charge in [-0.1, -0.05) is 45.4 Å². The molecule has 3 nitrogen and oxygen atoms in total. The Hall–Kier alpha value is -0.730. The Morgan fingerprint density at radius 2 is 1.38 bits per heavy atom. The zero-order valence-corrected chi connectivity index (χ0v) is 14.2. The van der Waals surface area contributed by atoms with Crippen molar-refractivity contribution in [1.82, 2.24) is 4.90 Å². The molecule has 0 heterocycles. The lowest BCUT2D eigenvalue weighted by Crippen LogP contribution is -2.50. The average Bonchev–Trinajstić information content (AvgIpc) is 2.49. The van der Waals surface area contributed by atoms with Gasteiger partial charge in [-0.3, -0.25) is 0 Å². The minimum atomic E-state index is -0.349. The SMILES string of the molecule is CCC(C)(C)OC(=O)N(C1CCCCC1)C1CCCCC1. The summed E-state index contributed by atoms with van der Waals surface area (Å²) in [6, 6.07) is 0.837. The molecule has 122 valence electrons. The minimum Gasteiger partial charge on any atom is -0.443 e. The van der Waals surface area contributed by atoms with Crippen LogP contribution in [0.3, 0.4) is 0 Å². The first kappa shape index (κ1) is 16.6. The summed E-state index contributed by atoms with van der Waals surface area (Å²) >= 11 is 0. The highest BCUT2D eigenvalue weighted by Gasteiger charge is 2.35. The van der Waals surface area contributed by atoms with Gasteiger partial charge in [-0.15, -0.1) is 0 Å². The van der Waals surface area contributed by atoms with Crippen molar-refractivity contribution >= 4 is 6.09 Å². The standard InChI is InChI=1S/C18H33NO2/c1-4-18(2,3)21-17(20)19(15-11-7-5-8-12-15)16-13-9-6-10-14-16/h15-16H,4-14H2,1-3H3. The summed E-state index contributed by atoms with van der Waals surface area (Å²) in [5.74, 6) is 0. The van der Waals surface area contributed by atoms with E-state index in [0.29, 0.717) is 12.1 Å². The Balaban J connectivity index is 2.07. The summed E-state index contributed by atoms with van der Waals surface area (Å²) in [7, 11) is 0. The molecule has 1 amide bonds. The molecule has 0 spiro atoms. The molecule has 0 saturated heterocycles. The minimum absolute atomic E-state index is 0.0550. The zero-order chi connectivity index (χ0) is 15.3. The molecule has 0 bridgehead atoms. The molecule has 0 aliphatic heterocycles. The molecule has 0 radical (unpaired) electrons. The van der Waals surface area contributed by atoms with Crippen LogP contribution >= 0.6 is 0 Å². The van der Waals surface area contributed by atoms with Crippen LogP contribution in [-0.4, -0.2) is 28.7 Å². The van der Waals surface area contributed by atoms with Crippen LogP contribution in [0.1, 0.15) is 91.4 Å². The molecule has 0 aromatic carbocycles. The first-order chi connectivity index (χ1) is 10.0. The van der Waals surface area contributed by atoms with E-state index in [1.165, 1.54) is 38.5 Å². The van der Waals surface area contributed by atoms with Crippen LogP contribution in [0.5, 0.6) is 0 Å². The fourth-order valence-corrected chi connectivity index (χ4v) is 3.68. The number of hydrogen-bond acceptors (Lipinski definition) is 2. The van der Waals surface area contributed by atoms with Gasteiger partial charge in [0, 0.05) is 12.1 Å². The normalized spacial score (nSPS) is 22.0. The first-order valence-corrected chi connectivity index (χ1v) is 9.05. The van der Waals surface area contributed by atoms with Gasteiger partial charge in [-0.2, -0.15) is 0 Å². The molecule has 3 heteroatoms. The second kappa shape index (κ2) is 7.51. The highest BCUT2D eigenvalue weighted by atomic mass is 16.6. The summed E-state index contributed by atoms with van der Waals surface area (Å²) in [6.45, 7) is 6.12. The number of nitrogens with zero attached hydrogens (tertiary/aromatic N) is 1. The molecule has 2 aliphatic carbocycles. The molecule has 0 N–H and O–H groups in total. The lowest BCUT2D eigenvalue weighted by molar-refractivity contribution is -0.0147. The lowest BCUT2D eigenvalue weighted by atomic mass is 9.89. The number of carbonyl (C=O) groups is 1. The second-order valence-electron chi connectivity index (χ2n) is 7.47. The second-order valence-corrected chi connectivity index (χ2v) is 7.47. The molecule has 2 fully saturated rings. The topological polar surface area (TPSA) is 29.5 Å². The zero-order valence-electron chi connectivity index (χ0n) is 14.2. The van der Waals surface area contributed by atoms with E-state index < -0.39 is 0 Å². The van der Waals surface area contributed by atoms with Gasteiger partial charge in [0.1, 0.15) is 5.60 Å². The number of amides is 1. The maximum atomic E-state index is 12.8. The van der Waals surface area contributed by atoms with Gasteiger partial charge in [-0.05, 0) is 46.0 Å². The third kappa shape index (κ3) is 4.62. The van der Waals surface area contributed by atoms with Crippen molar-refractivity contribution in [2.24, 2.45) is 0 Å². The Labute approximate surface area is 130 Å². The van der Waals surface area contributed by atoms with Crippen molar-refractivity contribution in [3.63, 3.8) is 0 Å². The summed E-state index contributed by atoms with van der Waals surface area (Å²) in [5, 5.41) is 0. The summed E-state index contributed by atoms with van der Waals surface area (Å²) in [5.41, 5.74) is -0.349. The van der Waals surface area contributed by atoms with E-state index in [2.05, 4.69) is 11.8 Å². The predicted molar refractivity (Wildman–Crippen MR) is 86.4 cm³/mol. The lowest BCUT2D eigenvalue weighted by Gasteiger charge is -2.42. The van der Waals surface area contributed by atoms with E-state index in [1.807, 2.05) is 13.8 Å². The van der Waals surface area contributed by atoms with E-state index in [9.17, 15) is 4.79 Å².